The number of aromatic nitrogens is 2. The van der Waals surface area contributed by atoms with Crippen LogP contribution < -0.4 is 5.63 Å². The minimum atomic E-state index is -0.754. The summed E-state index contributed by atoms with van der Waals surface area (Å²) < 4.78 is 6.93. The molecule has 0 bridgehead atoms. The van der Waals surface area contributed by atoms with Gasteiger partial charge in [0.15, 0.2) is 5.78 Å². The lowest BCUT2D eigenvalue weighted by atomic mass is 10.0. The molecule has 0 N–H and O–H groups in total. The number of rotatable bonds is 4. The number of hydrogen-bond donors (Lipinski definition) is 0. The predicted octanol–water partition coefficient (Wildman–Crippen LogP) is 4.87. The van der Waals surface area contributed by atoms with Gasteiger partial charge in [-0.05, 0) is 42.0 Å². The molecular formula is C26H18N2O4. The third kappa shape index (κ3) is 3.22. The fourth-order valence-corrected chi connectivity index (χ4v) is 3.80. The van der Waals surface area contributed by atoms with Crippen molar-refractivity contribution in [3.8, 4) is 5.69 Å². The molecule has 6 heteroatoms. The van der Waals surface area contributed by atoms with Gasteiger partial charge in [-0.2, -0.15) is 5.10 Å². The highest BCUT2D eigenvalue weighted by Crippen LogP contribution is 2.26. The Morgan fingerprint density at radius 3 is 2.41 bits per heavy atom. The second-order valence-electron chi connectivity index (χ2n) is 7.70. The molecule has 156 valence electrons. The van der Waals surface area contributed by atoms with E-state index in [0.717, 1.165) is 16.3 Å². The maximum absolute atomic E-state index is 13.4. The monoisotopic (exact) mass is 422 g/mol. The van der Waals surface area contributed by atoms with Gasteiger partial charge in [-0.3, -0.25) is 9.59 Å². The fraction of sp³-hybridized carbons (Fsp3) is 0.0769. The standard InChI is InChI=1S/C26H18N2O4/c1-15-7-10-18(11-8-15)28-14-22(24(27-28)16(2)29)25(30)21-13-20-19-6-4-3-5-17(19)9-12-23(20)32-26(21)31/h3-14H,1-2H3. The Morgan fingerprint density at radius 2 is 1.66 bits per heavy atom. The zero-order chi connectivity index (χ0) is 22.4. The molecule has 0 saturated heterocycles. The Hall–Kier alpha value is -4.32. The summed E-state index contributed by atoms with van der Waals surface area (Å²) in [4.78, 5) is 38.3. The second-order valence-corrected chi connectivity index (χ2v) is 7.70. The van der Waals surface area contributed by atoms with Crippen molar-refractivity contribution in [3.63, 3.8) is 0 Å². The van der Waals surface area contributed by atoms with E-state index in [1.54, 1.807) is 12.1 Å². The normalized spacial score (nSPS) is 11.2. The smallest absolute Gasteiger partial charge is 0.347 e. The van der Waals surface area contributed by atoms with Crippen LogP contribution in [0.4, 0.5) is 0 Å². The van der Waals surface area contributed by atoms with E-state index in [9.17, 15) is 14.4 Å². The van der Waals surface area contributed by atoms with Crippen LogP contribution in [0.15, 0.2) is 82.1 Å². The van der Waals surface area contributed by atoms with Gasteiger partial charge in [0.1, 0.15) is 16.8 Å². The topological polar surface area (TPSA) is 82.2 Å². The van der Waals surface area contributed by atoms with Crippen molar-refractivity contribution in [3.05, 3.63) is 106 Å². The Balaban J connectivity index is 1.69. The maximum atomic E-state index is 13.4. The van der Waals surface area contributed by atoms with Gasteiger partial charge in [-0.15, -0.1) is 0 Å². The number of aryl methyl sites for hydroxylation is 1. The van der Waals surface area contributed by atoms with Gasteiger partial charge in [0.05, 0.1) is 11.3 Å². The van der Waals surface area contributed by atoms with Crippen LogP contribution in [-0.4, -0.2) is 21.3 Å². The Kier molecular flexibility index (Phi) is 4.56. The van der Waals surface area contributed by atoms with Gasteiger partial charge in [0, 0.05) is 18.5 Å². The molecular weight excluding hydrogens is 404 g/mol. The first-order chi connectivity index (χ1) is 15.4. The van der Waals surface area contributed by atoms with Crippen molar-refractivity contribution in [2.24, 2.45) is 0 Å². The van der Waals surface area contributed by atoms with Crippen LogP contribution in [-0.2, 0) is 0 Å². The summed E-state index contributed by atoms with van der Waals surface area (Å²) in [5.74, 6) is -0.966. The minimum absolute atomic E-state index is 0.00740. The molecule has 6 nitrogen and oxygen atoms in total. The summed E-state index contributed by atoms with van der Waals surface area (Å²) in [7, 11) is 0. The van der Waals surface area contributed by atoms with Crippen LogP contribution in [0.25, 0.3) is 27.4 Å². The average Bonchev–Trinajstić information content (AvgIpc) is 3.24. The summed E-state index contributed by atoms with van der Waals surface area (Å²) in [5, 5.41) is 6.79. The van der Waals surface area contributed by atoms with Gasteiger partial charge in [0.2, 0.25) is 5.78 Å². The van der Waals surface area contributed by atoms with Crippen molar-refractivity contribution in [1.82, 2.24) is 9.78 Å². The van der Waals surface area contributed by atoms with Crippen LogP contribution in [0.3, 0.4) is 0 Å². The number of carbonyl (C=O) groups is 2. The van der Waals surface area contributed by atoms with Crippen LogP contribution >= 0.6 is 0 Å². The summed E-state index contributed by atoms with van der Waals surface area (Å²) in [5.41, 5.74) is 1.35. The molecule has 0 atom stereocenters. The van der Waals surface area contributed by atoms with Crippen LogP contribution in [0.1, 0.15) is 38.9 Å². The highest BCUT2D eigenvalue weighted by atomic mass is 16.4. The van der Waals surface area contributed by atoms with E-state index < -0.39 is 11.4 Å². The highest BCUT2D eigenvalue weighted by molar-refractivity contribution is 6.16. The molecule has 32 heavy (non-hydrogen) atoms. The zero-order valence-corrected chi connectivity index (χ0v) is 17.5. The molecule has 5 aromatic rings. The largest absolute Gasteiger partial charge is 0.422 e. The van der Waals surface area contributed by atoms with E-state index in [2.05, 4.69) is 5.10 Å². The predicted molar refractivity (Wildman–Crippen MR) is 122 cm³/mol. The Morgan fingerprint density at radius 1 is 0.906 bits per heavy atom. The van der Waals surface area contributed by atoms with E-state index in [-0.39, 0.29) is 22.6 Å². The maximum Gasteiger partial charge on any atom is 0.347 e. The lowest BCUT2D eigenvalue weighted by Gasteiger charge is -2.05. The molecule has 0 aliphatic heterocycles. The quantitative estimate of drug-likeness (QED) is 0.234. The number of nitrogens with zero attached hydrogens (tertiary/aromatic N) is 2. The van der Waals surface area contributed by atoms with E-state index in [4.69, 9.17) is 4.42 Å². The van der Waals surface area contributed by atoms with E-state index >= 15 is 0 Å². The van der Waals surface area contributed by atoms with Gasteiger partial charge in [0.25, 0.3) is 0 Å². The van der Waals surface area contributed by atoms with Gasteiger partial charge < -0.3 is 4.42 Å². The molecule has 0 fully saturated rings. The summed E-state index contributed by atoms with van der Waals surface area (Å²) in [6, 6.07) is 20.3. The molecule has 2 aromatic heterocycles. The summed E-state index contributed by atoms with van der Waals surface area (Å²) in [6.45, 7) is 3.31. The van der Waals surface area contributed by atoms with Crippen molar-refractivity contribution < 1.29 is 14.0 Å². The number of hydrogen-bond acceptors (Lipinski definition) is 5. The van der Waals surface area contributed by atoms with E-state index in [0.29, 0.717) is 16.7 Å². The SMILES string of the molecule is CC(=O)c1nn(-c2ccc(C)cc2)cc1C(=O)c1cc2c(ccc3ccccc32)oc1=O. The van der Waals surface area contributed by atoms with Crippen molar-refractivity contribution >= 4 is 33.3 Å². The molecule has 5 rings (SSSR count). The number of carbonyl (C=O) groups excluding carboxylic acids is 2. The van der Waals surface area contributed by atoms with Gasteiger partial charge in [-0.25, -0.2) is 9.48 Å². The van der Waals surface area contributed by atoms with E-state index in [1.165, 1.54) is 17.8 Å². The Labute approximate surface area is 182 Å². The second kappa shape index (κ2) is 7.42. The van der Waals surface area contributed by atoms with Crippen molar-refractivity contribution in [1.29, 1.82) is 0 Å². The first-order valence-electron chi connectivity index (χ1n) is 10.1. The summed E-state index contributed by atoms with van der Waals surface area (Å²) >= 11 is 0. The fourth-order valence-electron chi connectivity index (χ4n) is 3.80. The molecule has 0 aliphatic rings. The van der Waals surface area contributed by atoms with Crippen molar-refractivity contribution in [2.75, 3.05) is 0 Å². The average molecular weight is 422 g/mol. The van der Waals surface area contributed by atoms with Gasteiger partial charge in [-0.1, -0.05) is 48.0 Å². The molecule has 0 aliphatic carbocycles. The lowest BCUT2D eigenvalue weighted by Crippen LogP contribution is -2.16. The molecule has 2 heterocycles. The molecule has 0 saturated carbocycles. The van der Waals surface area contributed by atoms with Crippen LogP contribution in [0.5, 0.6) is 0 Å². The molecule has 0 amide bonds. The molecule has 0 spiro atoms. The first-order valence-corrected chi connectivity index (χ1v) is 10.1. The zero-order valence-electron chi connectivity index (χ0n) is 17.5. The van der Waals surface area contributed by atoms with E-state index in [1.807, 2.05) is 61.5 Å². The third-order valence-electron chi connectivity index (χ3n) is 5.48. The van der Waals surface area contributed by atoms with Gasteiger partial charge >= 0.3 is 5.63 Å². The number of benzene rings is 3. The van der Waals surface area contributed by atoms with Crippen LogP contribution in [0.2, 0.25) is 0 Å². The van der Waals surface area contributed by atoms with Crippen molar-refractivity contribution in [2.45, 2.75) is 13.8 Å². The molecule has 0 radical (unpaired) electrons. The minimum Gasteiger partial charge on any atom is -0.422 e. The lowest BCUT2D eigenvalue weighted by molar-refractivity contribution is 0.0986. The number of Topliss-reactive ketones (excluding diaryl/α,β-unsaturated/α-hetero) is 1. The Bertz CT molecular complexity index is 1590. The summed E-state index contributed by atoms with van der Waals surface area (Å²) in [6.07, 6.45) is 1.48. The number of ketones is 2. The molecule has 0 unspecified atom stereocenters. The van der Waals surface area contributed by atoms with Crippen LogP contribution in [0, 0.1) is 6.92 Å². The molecule has 3 aromatic carbocycles. The highest BCUT2D eigenvalue weighted by Gasteiger charge is 2.24. The number of fused-ring (bicyclic) bond motifs is 3. The first kappa shape index (κ1) is 19.6. The third-order valence-corrected chi connectivity index (χ3v) is 5.48.